The number of benzene rings is 2. The predicted molar refractivity (Wildman–Crippen MR) is 201 cm³/mol. The molecular weight excluding hydrogens is 727 g/mol. The zero-order valence-electron chi connectivity index (χ0n) is 28.9. The molecule has 6 N–H and O–H groups in total. The predicted octanol–water partition coefficient (Wildman–Crippen LogP) is 5.52. The summed E-state index contributed by atoms with van der Waals surface area (Å²) < 4.78 is 20.8. The number of phenolic OH excluding ortho intramolecular Hbond substituents is 1. The van der Waals surface area contributed by atoms with Crippen molar-refractivity contribution in [3.8, 4) is 5.75 Å². The molecule has 1 atom stereocenters. The van der Waals surface area contributed by atoms with Gasteiger partial charge < -0.3 is 40.6 Å². The first-order chi connectivity index (χ1) is 25.0. The van der Waals surface area contributed by atoms with Gasteiger partial charge in [-0.05, 0) is 91.0 Å². The van der Waals surface area contributed by atoms with Crippen LogP contribution in [0.3, 0.4) is 0 Å². The molecule has 5 aromatic rings. The molecule has 3 heterocycles. The summed E-state index contributed by atoms with van der Waals surface area (Å²) in [5, 5.41) is 42.3. The quantitative estimate of drug-likeness (QED) is 0.0799. The number of H-pyrrole nitrogens is 1. The van der Waals surface area contributed by atoms with Gasteiger partial charge in [-0.1, -0.05) is 24.3 Å². The third-order valence-electron chi connectivity index (χ3n) is 9.52. The van der Waals surface area contributed by atoms with E-state index in [0.717, 1.165) is 12.8 Å². The summed E-state index contributed by atoms with van der Waals surface area (Å²) in [6.07, 6.45) is 1.70. The number of esters is 1. The van der Waals surface area contributed by atoms with Crippen LogP contribution in [0.5, 0.6) is 5.75 Å². The van der Waals surface area contributed by atoms with Crippen LogP contribution in [0.25, 0.3) is 10.9 Å². The maximum Gasteiger partial charge on any atom is 0.349 e. The third-order valence-corrected chi connectivity index (χ3v) is 11.5. The second kappa shape index (κ2) is 17.5. The lowest BCUT2D eigenvalue weighted by Crippen LogP contribution is -2.42. The van der Waals surface area contributed by atoms with E-state index in [4.69, 9.17) is 4.74 Å². The number of aromatic nitrogens is 1. The number of pyridine rings is 1. The van der Waals surface area contributed by atoms with Crippen LogP contribution in [0.2, 0.25) is 0 Å². The lowest BCUT2D eigenvalue weighted by molar-refractivity contribution is -0.169. The minimum atomic E-state index is -1.83. The van der Waals surface area contributed by atoms with E-state index in [1.54, 1.807) is 42.5 Å². The van der Waals surface area contributed by atoms with E-state index < -0.39 is 23.5 Å². The highest BCUT2D eigenvalue weighted by molar-refractivity contribution is 7.12. The number of fused-ring (bicyclic) bond motifs is 1. The molecule has 0 radical (unpaired) electrons. The second-order valence-corrected chi connectivity index (χ2v) is 14.9. The standard InChI is InChI=1S/C38H41FN4O7S2.FH/c1-43(24-7-9-25(10-8-24)50-37(48)38(49,32-4-2-18-51-32)33-5-3-19-52-33)17-16-35(47)41-29-13-6-23(20-28(29)39)21-40-22-31(45)26-11-14-30(44)36-27(26)12-15-34(46)42-36;/h2-6,11-15,18-20,24-25,31,40,44-45,49H,7-10,16-17,21-22H2,1H3,(H,41,47)(H,42,46);1H/t24?,25?,31-;/m0./s1. The van der Waals surface area contributed by atoms with E-state index in [-0.39, 0.29) is 64.8 Å². The minimum Gasteiger partial charge on any atom is -0.506 e. The molecule has 282 valence electrons. The van der Waals surface area contributed by atoms with Crippen molar-refractivity contribution in [3.63, 3.8) is 0 Å². The SMILES string of the molecule is CN(CCC(=O)Nc1ccc(CNC[C@H](O)c2ccc(O)c3[nH]c(=O)ccc23)cc1F)C1CCC(OC(=O)C(O)(c2cccs2)c2cccs2)CC1.F. The molecule has 1 aliphatic rings. The Hall–Kier alpha value is -4.51. The van der Waals surface area contributed by atoms with Gasteiger partial charge in [-0.2, -0.15) is 0 Å². The van der Waals surface area contributed by atoms with Crippen LogP contribution in [0.1, 0.15) is 59.1 Å². The molecule has 0 bridgehead atoms. The van der Waals surface area contributed by atoms with Gasteiger partial charge in [-0.3, -0.25) is 14.3 Å². The average molecular weight is 769 g/mol. The van der Waals surface area contributed by atoms with E-state index in [9.17, 15) is 34.1 Å². The van der Waals surface area contributed by atoms with Gasteiger partial charge in [0.2, 0.25) is 17.1 Å². The number of thiophene rings is 2. The molecule has 0 saturated heterocycles. The van der Waals surface area contributed by atoms with Gasteiger partial charge in [-0.25, -0.2) is 9.18 Å². The van der Waals surface area contributed by atoms with Crippen LogP contribution < -0.4 is 16.2 Å². The number of hydrogen-bond acceptors (Lipinski definition) is 11. The summed E-state index contributed by atoms with van der Waals surface area (Å²) in [4.78, 5) is 43.5. The number of ether oxygens (including phenoxy) is 1. The van der Waals surface area contributed by atoms with Crippen molar-refractivity contribution in [2.75, 3.05) is 25.5 Å². The van der Waals surface area contributed by atoms with Crippen LogP contribution in [0.15, 0.2) is 82.3 Å². The molecule has 6 rings (SSSR count). The molecule has 1 aliphatic carbocycles. The summed E-state index contributed by atoms with van der Waals surface area (Å²) >= 11 is 2.62. The van der Waals surface area contributed by atoms with Gasteiger partial charge in [0.15, 0.2) is 0 Å². The molecule has 15 heteroatoms. The number of phenols is 1. The fourth-order valence-corrected chi connectivity index (χ4v) is 8.30. The first-order valence-electron chi connectivity index (χ1n) is 17.1. The number of aromatic hydroxyl groups is 1. The van der Waals surface area contributed by atoms with Crippen molar-refractivity contribution in [3.05, 3.63) is 115 Å². The number of halogens is 2. The first-order valence-corrected chi connectivity index (χ1v) is 18.8. The number of hydrogen-bond donors (Lipinski definition) is 6. The summed E-state index contributed by atoms with van der Waals surface area (Å²) in [7, 11) is 1.95. The number of amides is 1. The maximum absolute atomic E-state index is 15.0. The number of aliphatic hydroxyl groups excluding tert-OH is 1. The second-order valence-electron chi connectivity index (χ2n) is 13.0. The fraction of sp³-hybridized carbons (Fsp3) is 0.342. The van der Waals surface area contributed by atoms with Crippen molar-refractivity contribution in [1.29, 1.82) is 0 Å². The monoisotopic (exact) mass is 768 g/mol. The normalized spacial score (nSPS) is 16.6. The van der Waals surface area contributed by atoms with Crippen molar-refractivity contribution in [2.45, 2.75) is 62.5 Å². The highest BCUT2D eigenvalue weighted by Gasteiger charge is 2.45. The summed E-state index contributed by atoms with van der Waals surface area (Å²) in [5.41, 5.74) is -0.740. The Morgan fingerprint density at radius 1 is 1.04 bits per heavy atom. The van der Waals surface area contributed by atoms with Gasteiger partial charge in [-0.15, -0.1) is 22.7 Å². The molecule has 1 amide bonds. The Bertz CT molecular complexity index is 2020. The molecule has 53 heavy (non-hydrogen) atoms. The molecule has 2 aromatic carbocycles. The van der Waals surface area contributed by atoms with E-state index in [1.165, 1.54) is 46.9 Å². The van der Waals surface area contributed by atoms with Crippen LogP contribution in [0.4, 0.5) is 14.8 Å². The Morgan fingerprint density at radius 3 is 2.38 bits per heavy atom. The van der Waals surface area contributed by atoms with E-state index in [2.05, 4.69) is 20.5 Å². The summed E-state index contributed by atoms with van der Waals surface area (Å²) in [5.74, 6) is -1.65. The largest absolute Gasteiger partial charge is 0.506 e. The van der Waals surface area contributed by atoms with Crippen LogP contribution in [0, 0.1) is 5.82 Å². The fourth-order valence-electron chi connectivity index (χ4n) is 6.59. The van der Waals surface area contributed by atoms with E-state index in [0.29, 0.717) is 45.7 Å². The van der Waals surface area contributed by atoms with E-state index in [1.807, 2.05) is 17.8 Å². The number of carbonyl (C=O) groups is 2. The number of aromatic amines is 1. The number of nitrogens with one attached hydrogen (secondary N) is 3. The first kappa shape index (κ1) is 39.7. The molecule has 3 aromatic heterocycles. The molecule has 1 saturated carbocycles. The molecule has 0 unspecified atom stereocenters. The number of anilines is 1. The lowest BCUT2D eigenvalue weighted by atomic mass is 9.91. The van der Waals surface area contributed by atoms with Crippen LogP contribution >= 0.6 is 22.7 Å². The van der Waals surface area contributed by atoms with Gasteiger partial charge in [0, 0.05) is 43.5 Å². The number of rotatable bonds is 14. The zero-order valence-corrected chi connectivity index (χ0v) is 30.6. The van der Waals surface area contributed by atoms with Crippen molar-refractivity contribution in [2.24, 2.45) is 0 Å². The highest BCUT2D eigenvalue weighted by Crippen LogP contribution is 2.38. The Labute approximate surface area is 312 Å². The molecule has 0 aliphatic heterocycles. The van der Waals surface area contributed by atoms with Crippen molar-refractivity contribution < 1.29 is 38.7 Å². The van der Waals surface area contributed by atoms with E-state index >= 15 is 0 Å². The Balaban J connectivity index is 0.00000541. The summed E-state index contributed by atoms with van der Waals surface area (Å²) in [6.45, 7) is 0.856. The number of carbonyl (C=O) groups excluding carboxylic acids is 2. The van der Waals surface area contributed by atoms with Gasteiger partial charge in [0.05, 0.1) is 27.1 Å². The average Bonchev–Trinajstić information content (AvgIpc) is 3.89. The topological polar surface area (TPSA) is 164 Å². The Morgan fingerprint density at radius 2 is 1.74 bits per heavy atom. The number of nitrogens with zero attached hydrogens (tertiary/aromatic N) is 1. The lowest BCUT2D eigenvalue weighted by Gasteiger charge is -2.35. The molecule has 11 nitrogen and oxygen atoms in total. The number of aliphatic hydroxyl groups is 2. The third kappa shape index (κ3) is 9.18. The van der Waals surface area contributed by atoms with Crippen molar-refractivity contribution >= 4 is 51.1 Å². The van der Waals surface area contributed by atoms with Crippen LogP contribution in [-0.2, 0) is 26.5 Å². The molecular formula is C38H42F2N4O7S2. The van der Waals surface area contributed by atoms with Crippen molar-refractivity contribution in [1.82, 2.24) is 15.2 Å². The van der Waals surface area contributed by atoms with Gasteiger partial charge in [0.1, 0.15) is 17.7 Å². The van der Waals surface area contributed by atoms with Gasteiger partial charge >= 0.3 is 5.97 Å². The summed E-state index contributed by atoms with van der Waals surface area (Å²) in [6, 6.07) is 17.6. The zero-order chi connectivity index (χ0) is 36.8. The smallest absolute Gasteiger partial charge is 0.349 e. The highest BCUT2D eigenvalue weighted by atomic mass is 32.1. The van der Waals surface area contributed by atoms with Crippen LogP contribution in [-0.4, -0.2) is 69.4 Å². The maximum atomic E-state index is 15.0. The minimum absolute atomic E-state index is 0. The molecule has 0 spiro atoms. The van der Waals surface area contributed by atoms with Gasteiger partial charge in [0.25, 0.3) is 0 Å². The Kier molecular flexibility index (Phi) is 13.1. The molecule has 1 fully saturated rings.